The van der Waals surface area contributed by atoms with Crippen LogP contribution < -0.4 is 10.6 Å². The van der Waals surface area contributed by atoms with Gasteiger partial charge in [0, 0.05) is 29.4 Å². The molecular formula is C16H18BrN3O. The Balaban J connectivity index is 1.86. The highest BCUT2D eigenvalue weighted by Crippen LogP contribution is 2.28. The van der Waals surface area contributed by atoms with Crippen LogP contribution in [0.5, 0.6) is 0 Å². The Morgan fingerprint density at radius 1 is 1.38 bits per heavy atom. The van der Waals surface area contributed by atoms with Gasteiger partial charge in [-0.25, -0.2) is 4.98 Å². The molecule has 1 aromatic carbocycles. The van der Waals surface area contributed by atoms with Gasteiger partial charge in [-0.15, -0.1) is 0 Å². The van der Waals surface area contributed by atoms with Crippen LogP contribution in [0.4, 0.5) is 5.82 Å². The van der Waals surface area contributed by atoms with E-state index in [-0.39, 0.29) is 5.91 Å². The number of hydrogen-bond donors (Lipinski definition) is 1. The highest BCUT2D eigenvalue weighted by Gasteiger charge is 2.22. The molecule has 0 saturated carbocycles. The van der Waals surface area contributed by atoms with Crippen molar-refractivity contribution in [3.05, 3.63) is 34.8 Å². The summed E-state index contributed by atoms with van der Waals surface area (Å²) in [5.74, 6) is 1.10. The number of benzene rings is 1. The molecular weight excluding hydrogens is 330 g/mol. The van der Waals surface area contributed by atoms with Crippen LogP contribution in [0.25, 0.3) is 10.9 Å². The molecule has 1 aliphatic heterocycles. The first-order chi connectivity index (χ1) is 10.1. The molecule has 0 radical (unpaired) electrons. The maximum Gasteiger partial charge on any atom is 0.217 e. The molecule has 2 N–H and O–H groups in total. The number of rotatable bonds is 3. The number of anilines is 1. The Bertz CT molecular complexity index is 674. The summed E-state index contributed by atoms with van der Waals surface area (Å²) in [6.45, 7) is 1.84. The number of nitrogens with two attached hydrogens (primary N) is 1. The second-order valence-corrected chi connectivity index (χ2v) is 6.46. The number of halogens is 1. The number of aromatic nitrogens is 1. The average molecular weight is 348 g/mol. The lowest BCUT2D eigenvalue weighted by Gasteiger charge is -2.33. The maximum absolute atomic E-state index is 11.1. The van der Waals surface area contributed by atoms with Crippen LogP contribution >= 0.6 is 15.9 Å². The molecule has 1 atom stereocenters. The van der Waals surface area contributed by atoms with Crippen LogP contribution in [0, 0.1) is 5.92 Å². The van der Waals surface area contributed by atoms with E-state index < -0.39 is 0 Å². The van der Waals surface area contributed by atoms with Crippen LogP contribution in [-0.4, -0.2) is 24.0 Å². The fraction of sp³-hybridized carbons (Fsp3) is 0.375. The first-order valence-corrected chi connectivity index (χ1v) is 8.01. The fourth-order valence-corrected chi connectivity index (χ4v) is 3.47. The standard InChI is InChI=1S/C16H18BrN3O/c17-13-5-1-4-12-6-7-15(19-16(12)13)20-8-2-3-11(10-20)9-14(18)21/h1,4-7,11H,2-3,8-10H2,(H2,18,21)/t11-/m0/s1. The van der Waals surface area contributed by atoms with E-state index in [1.165, 1.54) is 0 Å². The lowest BCUT2D eigenvalue weighted by Crippen LogP contribution is -2.37. The molecule has 0 unspecified atom stereocenters. The van der Waals surface area contributed by atoms with Crippen molar-refractivity contribution in [3.63, 3.8) is 0 Å². The number of nitrogens with zero attached hydrogens (tertiary/aromatic N) is 2. The molecule has 2 heterocycles. The molecule has 2 aromatic rings. The Labute approximate surface area is 132 Å². The highest BCUT2D eigenvalue weighted by molar-refractivity contribution is 9.10. The van der Waals surface area contributed by atoms with E-state index in [0.717, 1.165) is 47.1 Å². The molecule has 21 heavy (non-hydrogen) atoms. The average Bonchev–Trinajstić information content (AvgIpc) is 2.47. The van der Waals surface area contributed by atoms with Crippen molar-refractivity contribution in [1.29, 1.82) is 0 Å². The lowest BCUT2D eigenvalue weighted by molar-refractivity contribution is -0.118. The van der Waals surface area contributed by atoms with Gasteiger partial charge in [-0.1, -0.05) is 12.1 Å². The molecule has 1 saturated heterocycles. The number of piperidine rings is 1. The van der Waals surface area contributed by atoms with Gasteiger partial charge in [0.25, 0.3) is 0 Å². The highest BCUT2D eigenvalue weighted by atomic mass is 79.9. The molecule has 4 nitrogen and oxygen atoms in total. The monoisotopic (exact) mass is 347 g/mol. The first kappa shape index (κ1) is 14.3. The quantitative estimate of drug-likeness (QED) is 0.927. The van der Waals surface area contributed by atoms with E-state index in [9.17, 15) is 4.79 Å². The molecule has 5 heteroatoms. The minimum Gasteiger partial charge on any atom is -0.370 e. The summed E-state index contributed by atoms with van der Waals surface area (Å²) >= 11 is 3.56. The van der Waals surface area contributed by atoms with Gasteiger partial charge in [0.1, 0.15) is 5.82 Å². The molecule has 110 valence electrons. The fourth-order valence-electron chi connectivity index (χ4n) is 3.00. The van der Waals surface area contributed by atoms with E-state index in [4.69, 9.17) is 10.7 Å². The van der Waals surface area contributed by atoms with E-state index >= 15 is 0 Å². The van der Waals surface area contributed by atoms with Crippen LogP contribution in [0.1, 0.15) is 19.3 Å². The zero-order valence-corrected chi connectivity index (χ0v) is 13.3. The van der Waals surface area contributed by atoms with Crippen molar-refractivity contribution in [2.24, 2.45) is 11.7 Å². The summed E-state index contributed by atoms with van der Waals surface area (Å²) < 4.78 is 1.01. The van der Waals surface area contributed by atoms with Gasteiger partial charge in [-0.2, -0.15) is 0 Å². The van der Waals surface area contributed by atoms with Gasteiger partial charge in [0.2, 0.25) is 5.91 Å². The smallest absolute Gasteiger partial charge is 0.217 e. The minimum absolute atomic E-state index is 0.212. The zero-order chi connectivity index (χ0) is 14.8. The van der Waals surface area contributed by atoms with Gasteiger partial charge in [0.05, 0.1) is 5.52 Å². The van der Waals surface area contributed by atoms with Gasteiger partial charge in [0.15, 0.2) is 0 Å². The third-order valence-electron chi connectivity index (χ3n) is 3.99. The predicted molar refractivity (Wildman–Crippen MR) is 88.2 cm³/mol. The van der Waals surface area contributed by atoms with Crippen molar-refractivity contribution >= 4 is 38.6 Å². The summed E-state index contributed by atoms with van der Waals surface area (Å²) in [5, 5.41) is 1.12. The number of amides is 1. The Morgan fingerprint density at radius 2 is 2.24 bits per heavy atom. The number of primary amides is 1. The Hall–Kier alpha value is -1.62. The van der Waals surface area contributed by atoms with Crippen molar-refractivity contribution < 1.29 is 4.79 Å². The third-order valence-corrected chi connectivity index (χ3v) is 4.63. The van der Waals surface area contributed by atoms with E-state index in [0.29, 0.717) is 12.3 Å². The van der Waals surface area contributed by atoms with Crippen molar-refractivity contribution in [1.82, 2.24) is 4.98 Å². The van der Waals surface area contributed by atoms with Crippen LogP contribution in [0.15, 0.2) is 34.8 Å². The molecule has 1 aromatic heterocycles. The summed E-state index contributed by atoms with van der Waals surface area (Å²) in [6.07, 6.45) is 2.61. The molecule has 1 aliphatic rings. The second kappa shape index (κ2) is 6.02. The van der Waals surface area contributed by atoms with Gasteiger partial charge in [-0.05, 0) is 52.9 Å². The van der Waals surface area contributed by atoms with Crippen molar-refractivity contribution in [3.8, 4) is 0 Å². The molecule has 0 aliphatic carbocycles. The summed E-state index contributed by atoms with van der Waals surface area (Å²) in [5.41, 5.74) is 6.30. The van der Waals surface area contributed by atoms with Crippen LogP contribution in [0.2, 0.25) is 0 Å². The van der Waals surface area contributed by atoms with E-state index in [1.54, 1.807) is 0 Å². The molecule has 0 spiro atoms. The zero-order valence-electron chi connectivity index (χ0n) is 11.8. The predicted octanol–water partition coefficient (Wildman–Crippen LogP) is 3.09. The number of pyridine rings is 1. The summed E-state index contributed by atoms with van der Waals surface area (Å²) in [6, 6.07) is 10.2. The van der Waals surface area contributed by atoms with Crippen molar-refractivity contribution in [2.75, 3.05) is 18.0 Å². The molecule has 0 bridgehead atoms. The largest absolute Gasteiger partial charge is 0.370 e. The number of para-hydroxylation sites is 1. The minimum atomic E-state index is -0.212. The lowest BCUT2D eigenvalue weighted by atomic mass is 9.94. The van der Waals surface area contributed by atoms with E-state index in [1.807, 2.05) is 12.1 Å². The SMILES string of the molecule is NC(=O)C[C@@H]1CCCN(c2ccc3cccc(Br)c3n2)C1. The van der Waals surface area contributed by atoms with Crippen LogP contribution in [-0.2, 0) is 4.79 Å². The molecule has 1 amide bonds. The third kappa shape index (κ3) is 3.18. The molecule has 3 rings (SSSR count). The van der Waals surface area contributed by atoms with Gasteiger partial charge in [-0.3, -0.25) is 4.79 Å². The normalized spacial score (nSPS) is 18.9. The van der Waals surface area contributed by atoms with Crippen molar-refractivity contribution in [2.45, 2.75) is 19.3 Å². The summed E-state index contributed by atoms with van der Waals surface area (Å²) in [4.78, 5) is 18.1. The maximum atomic E-state index is 11.1. The topological polar surface area (TPSA) is 59.2 Å². The van der Waals surface area contributed by atoms with Crippen LogP contribution in [0.3, 0.4) is 0 Å². The number of fused-ring (bicyclic) bond motifs is 1. The number of hydrogen-bond acceptors (Lipinski definition) is 3. The second-order valence-electron chi connectivity index (χ2n) is 5.61. The Kier molecular flexibility index (Phi) is 4.10. The van der Waals surface area contributed by atoms with E-state index in [2.05, 4.69) is 39.0 Å². The number of carbonyl (C=O) groups excluding carboxylic acids is 1. The summed E-state index contributed by atoms with van der Waals surface area (Å²) in [7, 11) is 0. The number of carbonyl (C=O) groups is 1. The van der Waals surface area contributed by atoms with Gasteiger partial charge < -0.3 is 10.6 Å². The van der Waals surface area contributed by atoms with Gasteiger partial charge >= 0.3 is 0 Å². The molecule has 1 fully saturated rings. The first-order valence-electron chi connectivity index (χ1n) is 7.22. The Morgan fingerprint density at radius 3 is 3.05 bits per heavy atom.